The van der Waals surface area contributed by atoms with Gasteiger partial charge in [-0.15, -0.1) is 0 Å². The molecule has 0 radical (unpaired) electrons. The van der Waals surface area contributed by atoms with Crippen molar-refractivity contribution in [3.63, 3.8) is 0 Å². The fourth-order valence-corrected chi connectivity index (χ4v) is 5.79. The lowest BCUT2D eigenvalue weighted by Crippen LogP contribution is -2.61. The Morgan fingerprint density at radius 1 is 0.979 bits per heavy atom. The Morgan fingerprint density at radius 2 is 1.69 bits per heavy atom. The van der Waals surface area contributed by atoms with Crippen molar-refractivity contribution in [2.45, 2.75) is 26.8 Å². The lowest BCUT2D eigenvalue weighted by atomic mass is 10.0. The van der Waals surface area contributed by atoms with Gasteiger partial charge in [-0.1, -0.05) is 30.3 Å². The number of urea groups is 1. The Morgan fingerprint density at radius 3 is 2.33 bits per heavy atom. The van der Waals surface area contributed by atoms with Gasteiger partial charge in [0, 0.05) is 49.7 Å². The standard InChI is InChI=1S/C35H35N9O4/c1-20(2)42-18-27(33(46)43(35(42)48)24-9-7-6-8-10-24)32(45)40-23-13-11-22(12-14-23)25-16-29(44-30(25)31(36)38-19-39-44)26-17-37-28(15-21(26)3)34(47)41(4)5/h6-17,19-20,27H,18H2,1-5H3,(H,40,45)(H2,36,38,39). The third kappa shape index (κ3) is 5.70. The molecule has 5 amide bonds. The highest BCUT2D eigenvalue weighted by atomic mass is 16.2. The molecule has 1 atom stereocenters. The number of aryl methyl sites for hydroxylation is 1. The number of pyridine rings is 1. The largest absolute Gasteiger partial charge is 0.382 e. The third-order valence-corrected chi connectivity index (χ3v) is 8.35. The number of nitrogens with two attached hydrogens (primary N) is 1. The molecule has 1 aliphatic heterocycles. The topological polar surface area (TPSA) is 159 Å². The second-order valence-corrected chi connectivity index (χ2v) is 12.1. The van der Waals surface area contributed by atoms with E-state index >= 15 is 0 Å². The van der Waals surface area contributed by atoms with Gasteiger partial charge in [0.1, 0.15) is 23.5 Å². The van der Waals surface area contributed by atoms with Crippen LogP contribution in [0.5, 0.6) is 0 Å². The summed E-state index contributed by atoms with van der Waals surface area (Å²) < 4.78 is 1.69. The highest BCUT2D eigenvalue weighted by Crippen LogP contribution is 2.36. The Bertz CT molecular complexity index is 2060. The van der Waals surface area contributed by atoms with E-state index in [2.05, 4.69) is 20.4 Å². The zero-order valence-electron chi connectivity index (χ0n) is 27.2. The predicted molar refractivity (Wildman–Crippen MR) is 182 cm³/mol. The number of hydrogen-bond acceptors (Lipinski definition) is 8. The number of amides is 5. The van der Waals surface area contributed by atoms with Crippen molar-refractivity contribution in [2.75, 3.05) is 36.6 Å². The van der Waals surface area contributed by atoms with E-state index in [1.54, 1.807) is 73.3 Å². The van der Waals surface area contributed by atoms with Crippen molar-refractivity contribution in [1.29, 1.82) is 0 Å². The van der Waals surface area contributed by atoms with Crippen molar-refractivity contribution in [3.8, 4) is 22.4 Å². The number of nitrogens with one attached hydrogen (secondary N) is 1. The molecule has 1 saturated heterocycles. The molecule has 4 heterocycles. The van der Waals surface area contributed by atoms with Gasteiger partial charge < -0.3 is 20.9 Å². The molecule has 244 valence electrons. The molecule has 1 fully saturated rings. The molecule has 48 heavy (non-hydrogen) atoms. The maximum Gasteiger partial charge on any atom is 0.331 e. The second kappa shape index (κ2) is 12.6. The van der Waals surface area contributed by atoms with Crippen LogP contribution in [-0.2, 0) is 9.59 Å². The molecule has 6 rings (SSSR count). The molecule has 5 aromatic rings. The van der Waals surface area contributed by atoms with Crippen LogP contribution in [0.4, 0.5) is 22.0 Å². The lowest BCUT2D eigenvalue weighted by Gasteiger charge is -2.39. The molecule has 0 spiro atoms. The molecule has 0 bridgehead atoms. The lowest BCUT2D eigenvalue weighted by molar-refractivity contribution is -0.132. The molecular weight excluding hydrogens is 610 g/mol. The Labute approximate surface area is 277 Å². The quantitative estimate of drug-likeness (QED) is 0.245. The minimum Gasteiger partial charge on any atom is -0.382 e. The molecule has 0 aliphatic carbocycles. The summed E-state index contributed by atoms with van der Waals surface area (Å²) in [6, 6.07) is 18.7. The van der Waals surface area contributed by atoms with E-state index in [1.165, 1.54) is 16.1 Å². The van der Waals surface area contributed by atoms with E-state index < -0.39 is 23.8 Å². The Balaban J connectivity index is 1.29. The molecule has 1 aliphatic rings. The van der Waals surface area contributed by atoms with Gasteiger partial charge >= 0.3 is 6.03 Å². The van der Waals surface area contributed by atoms with E-state index in [4.69, 9.17) is 5.73 Å². The normalized spacial score (nSPS) is 14.9. The summed E-state index contributed by atoms with van der Waals surface area (Å²) in [5, 5.41) is 7.32. The van der Waals surface area contributed by atoms with E-state index in [1.807, 2.05) is 39.0 Å². The van der Waals surface area contributed by atoms with Gasteiger partial charge in [-0.2, -0.15) is 5.10 Å². The molecule has 0 saturated carbocycles. The van der Waals surface area contributed by atoms with Crippen LogP contribution in [0.1, 0.15) is 29.9 Å². The molecule has 3 N–H and O–H groups in total. The van der Waals surface area contributed by atoms with Crippen molar-refractivity contribution in [1.82, 2.24) is 29.4 Å². The van der Waals surface area contributed by atoms with E-state index in [9.17, 15) is 19.2 Å². The van der Waals surface area contributed by atoms with Crippen molar-refractivity contribution in [3.05, 3.63) is 90.5 Å². The molecule has 3 aromatic heterocycles. The van der Waals surface area contributed by atoms with Gasteiger partial charge in [0.15, 0.2) is 5.82 Å². The fraction of sp³-hybridized carbons (Fsp3) is 0.229. The zero-order valence-corrected chi connectivity index (χ0v) is 27.2. The number of hydrogen-bond donors (Lipinski definition) is 2. The number of benzene rings is 2. The number of nitrogens with zero attached hydrogens (tertiary/aromatic N) is 7. The average molecular weight is 646 g/mol. The number of anilines is 3. The van der Waals surface area contributed by atoms with Crippen molar-refractivity contribution in [2.24, 2.45) is 5.92 Å². The number of carbonyl (C=O) groups is 4. The summed E-state index contributed by atoms with van der Waals surface area (Å²) in [4.78, 5) is 65.5. The first-order valence-electron chi connectivity index (χ1n) is 15.4. The van der Waals surface area contributed by atoms with E-state index in [0.717, 1.165) is 27.2 Å². The summed E-state index contributed by atoms with van der Waals surface area (Å²) in [5.74, 6) is -2.12. The van der Waals surface area contributed by atoms with Crippen LogP contribution < -0.4 is 16.0 Å². The van der Waals surface area contributed by atoms with Crippen LogP contribution in [0, 0.1) is 12.8 Å². The number of aromatic nitrogens is 4. The Kier molecular flexibility index (Phi) is 8.36. The molecular formula is C35H35N9O4. The first-order valence-corrected chi connectivity index (χ1v) is 15.4. The fourth-order valence-electron chi connectivity index (χ4n) is 5.79. The van der Waals surface area contributed by atoms with Gasteiger partial charge in [0.05, 0.1) is 11.4 Å². The zero-order chi connectivity index (χ0) is 34.3. The molecule has 13 heteroatoms. The number of nitrogen functional groups attached to an aromatic ring is 1. The average Bonchev–Trinajstić information content (AvgIpc) is 3.45. The molecule has 1 unspecified atom stereocenters. The minimum absolute atomic E-state index is 0.0279. The summed E-state index contributed by atoms with van der Waals surface area (Å²) in [5.41, 5.74) is 12.0. The summed E-state index contributed by atoms with van der Waals surface area (Å²) in [6.07, 6.45) is 3.02. The van der Waals surface area contributed by atoms with E-state index in [0.29, 0.717) is 28.3 Å². The second-order valence-electron chi connectivity index (χ2n) is 12.1. The van der Waals surface area contributed by atoms with Gasteiger partial charge in [0.2, 0.25) is 11.8 Å². The number of para-hydroxylation sites is 1. The number of imide groups is 1. The van der Waals surface area contributed by atoms with Gasteiger partial charge in [0.25, 0.3) is 5.91 Å². The van der Waals surface area contributed by atoms with Crippen LogP contribution in [-0.4, -0.2) is 79.8 Å². The number of carbonyl (C=O) groups excluding carboxylic acids is 4. The monoisotopic (exact) mass is 645 g/mol. The smallest absolute Gasteiger partial charge is 0.331 e. The maximum atomic E-state index is 13.5. The van der Waals surface area contributed by atoms with Gasteiger partial charge in [-0.25, -0.2) is 19.2 Å². The van der Waals surface area contributed by atoms with Crippen LogP contribution >= 0.6 is 0 Å². The van der Waals surface area contributed by atoms with Crippen LogP contribution in [0.25, 0.3) is 27.9 Å². The van der Waals surface area contributed by atoms with Crippen LogP contribution in [0.2, 0.25) is 0 Å². The minimum atomic E-state index is -1.10. The van der Waals surface area contributed by atoms with Crippen LogP contribution in [0.3, 0.4) is 0 Å². The van der Waals surface area contributed by atoms with E-state index in [-0.39, 0.29) is 24.3 Å². The van der Waals surface area contributed by atoms with Gasteiger partial charge in [-0.3, -0.25) is 19.4 Å². The summed E-state index contributed by atoms with van der Waals surface area (Å²) in [6.45, 7) is 5.56. The van der Waals surface area contributed by atoms with Gasteiger partial charge in [-0.05, 0) is 68.3 Å². The maximum absolute atomic E-state index is 13.5. The Hall–Kier alpha value is -6.11. The number of fused-ring (bicyclic) bond motifs is 1. The van der Waals surface area contributed by atoms with Crippen LogP contribution in [0.15, 0.2) is 79.3 Å². The molecule has 13 nitrogen and oxygen atoms in total. The summed E-state index contributed by atoms with van der Waals surface area (Å²) in [7, 11) is 3.35. The predicted octanol–water partition coefficient (Wildman–Crippen LogP) is 4.48. The highest BCUT2D eigenvalue weighted by molar-refractivity contribution is 6.23. The van der Waals surface area contributed by atoms with Crippen molar-refractivity contribution < 1.29 is 19.2 Å². The number of rotatable bonds is 7. The SMILES string of the molecule is Cc1cc(C(=O)N(C)C)ncc1-c1cc(-c2ccc(NC(=O)C3CN(C(C)C)C(=O)N(c4ccccc4)C3=O)cc2)c2c(N)ncnn12. The first-order chi connectivity index (χ1) is 23.0. The summed E-state index contributed by atoms with van der Waals surface area (Å²) >= 11 is 0. The third-order valence-electron chi connectivity index (χ3n) is 8.35. The molecule has 2 aromatic carbocycles. The van der Waals surface area contributed by atoms with Crippen molar-refractivity contribution >= 4 is 46.5 Å². The first kappa shape index (κ1) is 31.9. The highest BCUT2D eigenvalue weighted by Gasteiger charge is 2.44.